The van der Waals surface area contributed by atoms with Crippen molar-refractivity contribution in [3.63, 3.8) is 0 Å². The van der Waals surface area contributed by atoms with Gasteiger partial charge in [0.05, 0.1) is 0 Å². The first-order valence-electron chi connectivity index (χ1n) is 4.69. The number of pyridine rings is 1. The van der Waals surface area contributed by atoms with Gasteiger partial charge in [0.25, 0.3) is 0 Å². The average molecular weight is 241 g/mol. The van der Waals surface area contributed by atoms with E-state index in [1.807, 2.05) is 6.07 Å². The number of hydrogen-bond donors (Lipinski definition) is 1. The monoisotopic (exact) mass is 240 g/mol. The van der Waals surface area contributed by atoms with Crippen LogP contribution in [-0.4, -0.2) is 18.1 Å². The molecule has 1 aliphatic heterocycles. The van der Waals surface area contributed by atoms with Gasteiger partial charge in [-0.05, 0) is 54.0 Å². The largest absolute Gasteiger partial charge is 0.317 e. The van der Waals surface area contributed by atoms with Crippen LogP contribution < -0.4 is 5.32 Å². The van der Waals surface area contributed by atoms with Crippen LogP contribution in [0.25, 0.3) is 0 Å². The number of nitrogens with zero attached hydrogens (tertiary/aromatic N) is 1. The van der Waals surface area contributed by atoms with Crippen LogP contribution in [0, 0.1) is 0 Å². The van der Waals surface area contributed by atoms with Crippen molar-refractivity contribution in [2.45, 2.75) is 18.8 Å². The first-order valence-corrected chi connectivity index (χ1v) is 5.49. The number of rotatable bonds is 1. The van der Waals surface area contributed by atoms with E-state index >= 15 is 0 Å². The summed E-state index contributed by atoms with van der Waals surface area (Å²) in [5.74, 6) is 0.652. The first-order chi connectivity index (χ1) is 6.36. The maximum Gasteiger partial charge on any atom is 0.106 e. The van der Waals surface area contributed by atoms with Gasteiger partial charge < -0.3 is 5.32 Å². The molecule has 0 atom stereocenters. The van der Waals surface area contributed by atoms with Gasteiger partial charge in [0.2, 0.25) is 0 Å². The Balaban J connectivity index is 2.14. The summed E-state index contributed by atoms with van der Waals surface area (Å²) in [5.41, 5.74) is 1.23. The van der Waals surface area contributed by atoms with E-state index in [1.54, 1.807) is 0 Å². The van der Waals surface area contributed by atoms with Crippen LogP contribution >= 0.6 is 15.9 Å². The molecule has 1 aromatic rings. The lowest BCUT2D eigenvalue weighted by Crippen LogP contribution is -2.27. The quantitative estimate of drug-likeness (QED) is 0.763. The zero-order chi connectivity index (χ0) is 9.10. The van der Waals surface area contributed by atoms with Crippen molar-refractivity contribution in [3.05, 3.63) is 28.5 Å². The van der Waals surface area contributed by atoms with Gasteiger partial charge in [0.1, 0.15) is 4.60 Å². The fraction of sp³-hybridized carbons (Fsp3) is 0.500. The fourth-order valence-electron chi connectivity index (χ4n) is 1.77. The summed E-state index contributed by atoms with van der Waals surface area (Å²) < 4.78 is 0.948. The summed E-state index contributed by atoms with van der Waals surface area (Å²) >= 11 is 3.40. The van der Waals surface area contributed by atoms with Gasteiger partial charge in [-0.15, -0.1) is 0 Å². The smallest absolute Gasteiger partial charge is 0.106 e. The number of halogens is 1. The van der Waals surface area contributed by atoms with Crippen molar-refractivity contribution in [2.24, 2.45) is 0 Å². The molecule has 0 aliphatic carbocycles. The standard InChI is InChI=1S/C10H13BrN2/c11-10-3-1-2-9(13-10)8-4-6-12-7-5-8/h1-3,8,12H,4-7H2. The molecule has 2 rings (SSSR count). The topological polar surface area (TPSA) is 24.9 Å². The van der Waals surface area contributed by atoms with Gasteiger partial charge in [-0.25, -0.2) is 4.98 Å². The third-order valence-electron chi connectivity index (χ3n) is 2.49. The molecule has 0 bridgehead atoms. The molecule has 1 aliphatic rings. The third-order valence-corrected chi connectivity index (χ3v) is 2.94. The van der Waals surface area contributed by atoms with Gasteiger partial charge in [-0.2, -0.15) is 0 Å². The Morgan fingerprint density at radius 2 is 2.08 bits per heavy atom. The number of aromatic nitrogens is 1. The van der Waals surface area contributed by atoms with Crippen LogP contribution in [0.3, 0.4) is 0 Å². The molecular weight excluding hydrogens is 228 g/mol. The highest BCUT2D eigenvalue weighted by atomic mass is 79.9. The second-order valence-electron chi connectivity index (χ2n) is 3.41. The molecule has 0 spiro atoms. The van der Waals surface area contributed by atoms with E-state index in [2.05, 4.69) is 38.4 Å². The van der Waals surface area contributed by atoms with Crippen molar-refractivity contribution in [2.75, 3.05) is 13.1 Å². The van der Waals surface area contributed by atoms with E-state index in [4.69, 9.17) is 0 Å². The highest BCUT2D eigenvalue weighted by Crippen LogP contribution is 2.24. The Labute approximate surface area is 86.9 Å². The Kier molecular flexibility index (Phi) is 2.96. The fourth-order valence-corrected chi connectivity index (χ4v) is 2.13. The number of hydrogen-bond acceptors (Lipinski definition) is 2. The molecule has 70 valence electrons. The van der Waals surface area contributed by atoms with Crippen LogP contribution in [0.2, 0.25) is 0 Å². The minimum Gasteiger partial charge on any atom is -0.317 e. The lowest BCUT2D eigenvalue weighted by Gasteiger charge is -2.21. The molecule has 0 saturated carbocycles. The van der Waals surface area contributed by atoms with Crippen molar-refractivity contribution in [3.8, 4) is 0 Å². The lowest BCUT2D eigenvalue weighted by molar-refractivity contribution is 0.453. The Morgan fingerprint density at radius 3 is 2.77 bits per heavy atom. The maximum absolute atomic E-state index is 4.49. The van der Waals surface area contributed by atoms with Gasteiger partial charge in [-0.1, -0.05) is 6.07 Å². The molecule has 3 heteroatoms. The van der Waals surface area contributed by atoms with Gasteiger partial charge >= 0.3 is 0 Å². The van der Waals surface area contributed by atoms with E-state index in [0.717, 1.165) is 17.7 Å². The summed E-state index contributed by atoms with van der Waals surface area (Å²) in [6.07, 6.45) is 2.42. The molecule has 0 amide bonds. The summed E-state index contributed by atoms with van der Waals surface area (Å²) in [7, 11) is 0. The zero-order valence-electron chi connectivity index (χ0n) is 7.46. The minimum atomic E-state index is 0.652. The maximum atomic E-state index is 4.49. The first kappa shape index (κ1) is 9.16. The van der Waals surface area contributed by atoms with Crippen LogP contribution in [0.15, 0.2) is 22.8 Å². The van der Waals surface area contributed by atoms with E-state index in [1.165, 1.54) is 18.5 Å². The van der Waals surface area contributed by atoms with E-state index in [0.29, 0.717) is 5.92 Å². The summed E-state index contributed by atoms with van der Waals surface area (Å²) in [6, 6.07) is 6.17. The summed E-state index contributed by atoms with van der Waals surface area (Å²) in [4.78, 5) is 4.49. The van der Waals surface area contributed by atoms with Gasteiger partial charge in [0, 0.05) is 11.6 Å². The highest BCUT2D eigenvalue weighted by Gasteiger charge is 2.15. The minimum absolute atomic E-state index is 0.652. The Bertz CT molecular complexity index is 282. The van der Waals surface area contributed by atoms with Crippen LogP contribution in [-0.2, 0) is 0 Å². The molecule has 2 nitrogen and oxygen atoms in total. The van der Waals surface area contributed by atoms with Crippen molar-refractivity contribution >= 4 is 15.9 Å². The Morgan fingerprint density at radius 1 is 1.31 bits per heavy atom. The van der Waals surface area contributed by atoms with Gasteiger partial charge in [-0.3, -0.25) is 0 Å². The van der Waals surface area contributed by atoms with E-state index in [9.17, 15) is 0 Å². The molecule has 1 saturated heterocycles. The summed E-state index contributed by atoms with van der Waals surface area (Å²) in [5, 5.41) is 3.36. The van der Waals surface area contributed by atoms with Crippen LogP contribution in [0.5, 0.6) is 0 Å². The SMILES string of the molecule is Brc1cccc(C2CCNCC2)n1. The lowest BCUT2D eigenvalue weighted by atomic mass is 9.94. The summed E-state index contributed by atoms with van der Waals surface area (Å²) in [6.45, 7) is 2.25. The molecule has 1 fully saturated rings. The zero-order valence-corrected chi connectivity index (χ0v) is 9.05. The highest BCUT2D eigenvalue weighted by molar-refractivity contribution is 9.10. The predicted octanol–water partition coefficient (Wildman–Crippen LogP) is 2.31. The van der Waals surface area contributed by atoms with Crippen molar-refractivity contribution < 1.29 is 0 Å². The molecule has 0 aromatic carbocycles. The number of piperidine rings is 1. The molecule has 2 heterocycles. The van der Waals surface area contributed by atoms with E-state index in [-0.39, 0.29) is 0 Å². The van der Waals surface area contributed by atoms with Crippen molar-refractivity contribution in [1.29, 1.82) is 0 Å². The molecule has 13 heavy (non-hydrogen) atoms. The second-order valence-corrected chi connectivity index (χ2v) is 4.22. The third kappa shape index (κ3) is 2.29. The Hall–Kier alpha value is -0.410. The molecular formula is C10H13BrN2. The van der Waals surface area contributed by atoms with Crippen LogP contribution in [0.1, 0.15) is 24.5 Å². The molecule has 0 radical (unpaired) electrons. The average Bonchev–Trinajstić information content (AvgIpc) is 2.19. The van der Waals surface area contributed by atoms with E-state index < -0.39 is 0 Å². The molecule has 1 aromatic heterocycles. The van der Waals surface area contributed by atoms with Gasteiger partial charge in [0.15, 0.2) is 0 Å². The van der Waals surface area contributed by atoms with Crippen LogP contribution in [0.4, 0.5) is 0 Å². The number of nitrogens with one attached hydrogen (secondary N) is 1. The predicted molar refractivity (Wildman–Crippen MR) is 56.8 cm³/mol. The van der Waals surface area contributed by atoms with Crippen molar-refractivity contribution in [1.82, 2.24) is 10.3 Å². The molecule has 0 unspecified atom stereocenters. The second kappa shape index (κ2) is 4.20. The normalized spacial score (nSPS) is 18.8. The molecule has 1 N–H and O–H groups in total.